The van der Waals surface area contributed by atoms with Gasteiger partial charge in [-0.15, -0.1) is 0 Å². The van der Waals surface area contributed by atoms with E-state index in [0.717, 1.165) is 0 Å². The average Bonchev–Trinajstić information content (AvgIpc) is 2.09. The second-order valence-corrected chi connectivity index (χ2v) is 2.41. The molecule has 13 heavy (non-hydrogen) atoms. The van der Waals surface area contributed by atoms with Crippen LogP contribution in [0.25, 0.3) is 0 Å². The van der Waals surface area contributed by atoms with Crippen molar-refractivity contribution < 1.29 is 32.1 Å². The maximum Gasteiger partial charge on any atom is 3.00 e. The molecule has 0 fully saturated rings. The second kappa shape index (κ2) is 4.97. The van der Waals surface area contributed by atoms with Crippen molar-refractivity contribution in [1.29, 1.82) is 0 Å². The fourth-order valence-corrected chi connectivity index (χ4v) is 0.910. The van der Waals surface area contributed by atoms with Crippen LogP contribution >= 0.6 is 0 Å². The Kier molecular flexibility index (Phi) is 4.62. The van der Waals surface area contributed by atoms with Crippen molar-refractivity contribution in [3.63, 3.8) is 0 Å². The normalized spacial score (nSPS) is 9.08. The van der Waals surface area contributed by atoms with E-state index < -0.39 is 0 Å². The number of carbonyl (C=O) groups excluding carboxylic acids is 1. The summed E-state index contributed by atoms with van der Waals surface area (Å²) < 4.78 is 0. The number of rotatable bonds is 2. The van der Waals surface area contributed by atoms with E-state index in [1.807, 2.05) is 0 Å². The van der Waals surface area contributed by atoms with Crippen LogP contribution in [0, 0.1) is 6.92 Å². The Morgan fingerprint density at radius 3 is 2.69 bits per heavy atom. The van der Waals surface area contributed by atoms with Gasteiger partial charge in [0.05, 0.1) is 17.9 Å². The van der Waals surface area contributed by atoms with Gasteiger partial charge in [-0.05, 0) is 6.92 Å². The number of aldehydes is 1. The number of aromatic nitrogens is 1. The van der Waals surface area contributed by atoms with Crippen molar-refractivity contribution in [2.24, 2.45) is 0 Å². The molecule has 69 valence electrons. The molecule has 0 saturated heterocycles. The molecule has 0 aliphatic rings. The van der Waals surface area contributed by atoms with Crippen LogP contribution in [0.2, 0.25) is 0 Å². The molecule has 1 heterocycles. The molecule has 0 atom stereocenters. The van der Waals surface area contributed by atoms with Gasteiger partial charge in [0.1, 0.15) is 5.75 Å². The molecule has 0 unspecified atom stereocenters. The van der Waals surface area contributed by atoms with Crippen molar-refractivity contribution in [1.82, 2.24) is 4.98 Å². The topological polar surface area (TPSA) is 70.4 Å². The molecule has 0 aliphatic carbocycles. The summed E-state index contributed by atoms with van der Waals surface area (Å²) >= 11 is 0. The number of aliphatic hydroxyl groups excluding tert-OH is 1. The molecule has 0 spiro atoms. The number of aryl methyl sites for hydroxylation is 1. The van der Waals surface area contributed by atoms with Gasteiger partial charge < -0.3 is 10.2 Å². The summed E-state index contributed by atoms with van der Waals surface area (Å²) in [5.74, 6) is -0.156. The summed E-state index contributed by atoms with van der Waals surface area (Å²) in [6.45, 7) is 1.29. The first-order valence-electron chi connectivity index (χ1n) is 3.44. The maximum absolute atomic E-state index is 10.5. The van der Waals surface area contributed by atoms with Crippen LogP contribution in [0.4, 0.5) is 0 Å². The molecule has 1 radical (unpaired) electrons. The van der Waals surface area contributed by atoms with Gasteiger partial charge in [0, 0.05) is 11.8 Å². The molecule has 0 aromatic carbocycles. The minimum absolute atomic E-state index is 0. The molecule has 1 rings (SSSR count). The van der Waals surface area contributed by atoms with Gasteiger partial charge >= 0.3 is 17.1 Å². The van der Waals surface area contributed by atoms with E-state index in [4.69, 9.17) is 5.11 Å². The first-order chi connectivity index (χ1) is 5.70. The third-order valence-corrected chi connectivity index (χ3v) is 1.65. The molecular weight excluding hydrogens is 214 g/mol. The van der Waals surface area contributed by atoms with E-state index in [1.165, 1.54) is 6.20 Å². The first-order valence-corrected chi connectivity index (χ1v) is 3.44. The molecule has 1 aromatic heterocycles. The zero-order valence-electron chi connectivity index (χ0n) is 6.97. The van der Waals surface area contributed by atoms with Crippen LogP contribution < -0.4 is 0 Å². The molecule has 0 bridgehead atoms. The summed E-state index contributed by atoms with van der Waals surface area (Å²) in [5.41, 5.74) is 0.840. The summed E-state index contributed by atoms with van der Waals surface area (Å²) in [6.07, 6.45) is 1.88. The van der Waals surface area contributed by atoms with Crippen LogP contribution in [0.3, 0.4) is 0 Å². The minimum atomic E-state index is -0.297. The van der Waals surface area contributed by atoms with E-state index >= 15 is 0 Å². The predicted molar refractivity (Wildman–Crippen MR) is 41.9 cm³/mol. The van der Waals surface area contributed by atoms with Crippen molar-refractivity contribution in [2.75, 3.05) is 0 Å². The van der Waals surface area contributed by atoms with Crippen molar-refractivity contribution in [3.8, 4) is 5.75 Å². The summed E-state index contributed by atoms with van der Waals surface area (Å²) in [7, 11) is 0. The minimum Gasteiger partial charge on any atom is -0.505 e. The standard InChI is InChI=1S/C8H9NO3.Fe/c1-5-8(12)7(4-11)6(3-10)2-9-5;/h2,4,10,12H,3H2,1H3;/q;+3. The molecular formula is C8H9FeNO3+3. The SMILES string of the molecule is Cc1ncc(CO)c(C=O)c1O.[Fe+3]. The Hall–Kier alpha value is -0.901. The Bertz CT molecular complexity index is 315. The zero-order chi connectivity index (χ0) is 9.14. The van der Waals surface area contributed by atoms with Gasteiger partial charge in [0.2, 0.25) is 0 Å². The summed E-state index contributed by atoms with van der Waals surface area (Å²) in [6, 6.07) is 0. The molecule has 4 nitrogen and oxygen atoms in total. The smallest absolute Gasteiger partial charge is 0.505 e. The van der Waals surface area contributed by atoms with Crippen LogP contribution in [-0.4, -0.2) is 21.5 Å². The van der Waals surface area contributed by atoms with Crippen molar-refractivity contribution in [2.45, 2.75) is 13.5 Å². The third kappa shape index (κ3) is 2.27. The Balaban J connectivity index is 0.00000144. The number of hydrogen-bond donors (Lipinski definition) is 2. The zero-order valence-corrected chi connectivity index (χ0v) is 8.07. The fourth-order valence-electron chi connectivity index (χ4n) is 0.910. The van der Waals surface area contributed by atoms with Crippen molar-refractivity contribution >= 4 is 6.29 Å². The van der Waals surface area contributed by atoms with Crippen LogP contribution in [0.5, 0.6) is 5.75 Å². The van der Waals surface area contributed by atoms with Crippen LogP contribution in [0.15, 0.2) is 6.20 Å². The molecule has 0 aliphatic heterocycles. The van der Waals surface area contributed by atoms with E-state index in [2.05, 4.69) is 4.98 Å². The number of carbonyl (C=O) groups is 1. The number of aromatic hydroxyl groups is 1. The third-order valence-electron chi connectivity index (χ3n) is 1.65. The predicted octanol–water partition coefficient (Wildman–Crippen LogP) is 0.398. The average molecular weight is 223 g/mol. The van der Waals surface area contributed by atoms with E-state index in [1.54, 1.807) is 6.92 Å². The van der Waals surface area contributed by atoms with E-state index in [-0.39, 0.29) is 35.0 Å². The van der Waals surface area contributed by atoms with Gasteiger partial charge in [-0.2, -0.15) is 0 Å². The van der Waals surface area contributed by atoms with Crippen LogP contribution in [-0.2, 0) is 23.7 Å². The largest absolute Gasteiger partial charge is 3.00 e. The summed E-state index contributed by atoms with van der Waals surface area (Å²) in [4.78, 5) is 14.2. The molecule has 2 N–H and O–H groups in total. The van der Waals surface area contributed by atoms with Gasteiger partial charge in [-0.1, -0.05) is 0 Å². The molecule has 0 saturated carbocycles. The molecule has 0 amide bonds. The van der Waals surface area contributed by atoms with E-state index in [0.29, 0.717) is 17.5 Å². The Morgan fingerprint density at radius 1 is 1.62 bits per heavy atom. The van der Waals surface area contributed by atoms with Crippen LogP contribution in [0.1, 0.15) is 21.6 Å². The number of nitrogens with zero attached hydrogens (tertiary/aromatic N) is 1. The second-order valence-electron chi connectivity index (χ2n) is 2.41. The monoisotopic (exact) mass is 223 g/mol. The quantitative estimate of drug-likeness (QED) is 0.562. The first kappa shape index (κ1) is 12.1. The molecule has 1 aromatic rings. The summed E-state index contributed by atoms with van der Waals surface area (Å²) in [5, 5.41) is 18.1. The van der Waals surface area contributed by atoms with Crippen molar-refractivity contribution in [3.05, 3.63) is 23.0 Å². The van der Waals surface area contributed by atoms with E-state index in [9.17, 15) is 9.90 Å². The molecule has 5 heteroatoms. The van der Waals surface area contributed by atoms with Gasteiger partial charge in [0.25, 0.3) is 0 Å². The fraction of sp³-hybridized carbons (Fsp3) is 0.250. The Labute approximate surface area is 86.1 Å². The number of aliphatic hydroxyl groups is 1. The van der Waals surface area contributed by atoms with Gasteiger partial charge in [-0.3, -0.25) is 9.78 Å². The maximum atomic E-state index is 10.5. The van der Waals surface area contributed by atoms with Gasteiger partial charge in [0.15, 0.2) is 6.29 Å². The Morgan fingerprint density at radius 2 is 2.23 bits per heavy atom. The van der Waals surface area contributed by atoms with Gasteiger partial charge in [-0.25, -0.2) is 0 Å². The number of pyridine rings is 1. The number of hydrogen-bond acceptors (Lipinski definition) is 4.